The number of rotatable bonds is 2. The minimum atomic E-state index is 0.551. The minimum Gasteiger partial charge on any atom is -0.313 e. The predicted molar refractivity (Wildman–Crippen MR) is 72.2 cm³/mol. The van der Waals surface area contributed by atoms with Gasteiger partial charge in [0.15, 0.2) is 0 Å². The van der Waals surface area contributed by atoms with Gasteiger partial charge >= 0.3 is 0 Å². The fourth-order valence-electron chi connectivity index (χ4n) is 2.69. The van der Waals surface area contributed by atoms with E-state index in [2.05, 4.69) is 54.5 Å². The maximum absolute atomic E-state index is 3.41. The molecule has 0 amide bonds. The standard InChI is InChI=1S/C13H26NP/c1-5-11-8-9(2)12(14-4)6-7-13(15)10(11)3/h6-7,9-14H,5,8,15H2,1-4H3. The number of likely N-dealkylation sites (N-methyl/N-ethyl adjacent to an activating group) is 1. The van der Waals surface area contributed by atoms with Crippen molar-refractivity contribution in [1.82, 2.24) is 5.32 Å². The first-order chi connectivity index (χ1) is 7.10. The van der Waals surface area contributed by atoms with Crippen LogP contribution in [0, 0.1) is 17.8 Å². The molecule has 88 valence electrons. The lowest BCUT2D eigenvalue weighted by Gasteiger charge is -2.33. The summed E-state index contributed by atoms with van der Waals surface area (Å²) in [6.07, 6.45) is 7.37. The molecule has 0 spiro atoms. The molecule has 0 aromatic rings. The van der Waals surface area contributed by atoms with Crippen LogP contribution in [-0.4, -0.2) is 18.7 Å². The zero-order valence-electron chi connectivity index (χ0n) is 10.5. The van der Waals surface area contributed by atoms with E-state index in [4.69, 9.17) is 0 Å². The molecule has 0 aromatic carbocycles. The van der Waals surface area contributed by atoms with Crippen molar-refractivity contribution in [2.45, 2.75) is 45.3 Å². The van der Waals surface area contributed by atoms with Gasteiger partial charge in [0.05, 0.1) is 0 Å². The van der Waals surface area contributed by atoms with E-state index >= 15 is 0 Å². The monoisotopic (exact) mass is 227 g/mol. The second kappa shape index (κ2) is 6.01. The summed E-state index contributed by atoms with van der Waals surface area (Å²) in [7, 11) is 5.05. The van der Waals surface area contributed by atoms with Crippen molar-refractivity contribution in [2.75, 3.05) is 7.05 Å². The summed E-state index contributed by atoms with van der Waals surface area (Å²) in [6.45, 7) is 7.08. The lowest BCUT2D eigenvalue weighted by molar-refractivity contribution is 0.261. The molecule has 0 aliphatic heterocycles. The van der Waals surface area contributed by atoms with E-state index in [1.165, 1.54) is 12.8 Å². The number of allylic oxidation sites excluding steroid dienone is 1. The molecule has 1 rings (SSSR count). The first-order valence-corrected chi connectivity index (χ1v) is 6.88. The Morgan fingerprint density at radius 3 is 2.53 bits per heavy atom. The summed E-state index contributed by atoms with van der Waals surface area (Å²) < 4.78 is 0. The lowest BCUT2D eigenvalue weighted by atomic mass is 9.78. The second-order valence-electron chi connectivity index (χ2n) is 5.02. The van der Waals surface area contributed by atoms with E-state index in [9.17, 15) is 0 Å². The molecule has 6 atom stereocenters. The Bertz CT molecular complexity index is 215. The van der Waals surface area contributed by atoms with Gasteiger partial charge in [-0.25, -0.2) is 0 Å². The first kappa shape index (κ1) is 13.2. The van der Waals surface area contributed by atoms with Crippen LogP contribution in [0.1, 0.15) is 33.6 Å². The van der Waals surface area contributed by atoms with Gasteiger partial charge in [0.2, 0.25) is 0 Å². The van der Waals surface area contributed by atoms with Gasteiger partial charge in [-0.2, -0.15) is 0 Å². The molecular weight excluding hydrogens is 201 g/mol. The molecule has 6 unspecified atom stereocenters. The van der Waals surface area contributed by atoms with Gasteiger partial charge in [-0.05, 0) is 36.9 Å². The van der Waals surface area contributed by atoms with E-state index in [1.54, 1.807) is 0 Å². The smallest absolute Gasteiger partial charge is 0.0273 e. The van der Waals surface area contributed by atoms with E-state index in [1.807, 2.05) is 0 Å². The third-order valence-corrected chi connectivity index (χ3v) is 4.87. The third-order valence-electron chi connectivity index (χ3n) is 4.04. The predicted octanol–water partition coefficient (Wildman–Crippen LogP) is 3.08. The zero-order chi connectivity index (χ0) is 11.4. The Labute approximate surface area is 97.3 Å². The van der Waals surface area contributed by atoms with Crippen molar-refractivity contribution < 1.29 is 0 Å². The van der Waals surface area contributed by atoms with Gasteiger partial charge in [-0.15, -0.1) is 9.24 Å². The van der Waals surface area contributed by atoms with Gasteiger partial charge < -0.3 is 5.32 Å². The molecule has 1 nitrogen and oxygen atoms in total. The molecular formula is C13H26NP. The van der Waals surface area contributed by atoms with Crippen molar-refractivity contribution in [3.63, 3.8) is 0 Å². The molecule has 0 fully saturated rings. The summed E-state index contributed by atoms with van der Waals surface area (Å²) in [4.78, 5) is 0. The highest BCUT2D eigenvalue weighted by Crippen LogP contribution is 2.33. The van der Waals surface area contributed by atoms with Crippen LogP contribution in [0.3, 0.4) is 0 Å². The van der Waals surface area contributed by atoms with Crippen LogP contribution in [0.15, 0.2) is 12.2 Å². The highest BCUT2D eigenvalue weighted by molar-refractivity contribution is 7.18. The van der Waals surface area contributed by atoms with Crippen molar-refractivity contribution in [3.05, 3.63) is 12.2 Å². The molecule has 1 aliphatic rings. The van der Waals surface area contributed by atoms with Crippen molar-refractivity contribution in [1.29, 1.82) is 0 Å². The van der Waals surface area contributed by atoms with Crippen LogP contribution in [0.2, 0.25) is 0 Å². The highest BCUT2D eigenvalue weighted by Gasteiger charge is 2.26. The Balaban J connectivity index is 2.80. The van der Waals surface area contributed by atoms with E-state index in [-0.39, 0.29) is 0 Å². The quantitative estimate of drug-likeness (QED) is 0.564. The van der Waals surface area contributed by atoms with Gasteiger partial charge in [-0.1, -0.05) is 39.3 Å². The maximum Gasteiger partial charge on any atom is 0.0273 e. The molecule has 2 heteroatoms. The minimum absolute atomic E-state index is 0.551. The van der Waals surface area contributed by atoms with Gasteiger partial charge in [0.25, 0.3) is 0 Å². The van der Waals surface area contributed by atoms with Crippen LogP contribution in [0.25, 0.3) is 0 Å². The Kier molecular flexibility index (Phi) is 5.29. The van der Waals surface area contributed by atoms with Crippen molar-refractivity contribution >= 4 is 9.24 Å². The summed E-state index contributed by atoms with van der Waals surface area (Å²) in [5, 5.41) is 3.41. The largest absolute Gasteiger partial charge is 0.313 e. The number of nitrogens with one attached hydrogen (secondary N) is 1. The van der Waals surface area contributed by atoms with Crippen LogP contribution >= 0.6 is 9.24 Å². The normalized spacial score (nSPS) is 42.3. The fraction of sp³-hybridized carbons (Fsp3) is 0.846. The Morgan fingerprint density at radius 1 is 1.33 bits per heavy atom. The van der Waals surface area contributed by atoms with Crippen LogP contribution in [0.5, 0.6) is 0 Å². The van der Waals surface area contributed by atoms with Crippen LogP contribution in [-0.2, 0) is 0 Å². The molecule has 1 aliphatic carbocycles. The van der Waals surface area contributed by atoms with Crippen LogP contribution < -0.4 is 5.32 Å². The highest BCUT2D eigenvalue weighted by atomic mass is 31.0. The zero-order valence-corrected chi connectivity index (χ0v) is 11.7. The Morgan fingerprint density at radius 2 is 2.00 bits per heavy atom. The maximum atomic E-state index is 3.41. The van der Waals surface area contributed by atoms with Gasteiger partial charge in [-0.3, -0.25) is 0 Å². The van der Waals surface area contributed by atoms with Crippen molar-refractivity contribution in [2.24, 2.45) is 17.8 Å². The second-order valence-corrected chi connectivity index (χ2v) is 5.79. The molecule has 0 saturated carbocycles. The molecule has 0 radical (unpaired) electrons. The summed E-state index contributed by atoms with van der Waals surface area (Å²) >= 11 is 0. The molecule has 15 heavy (non-hydrogen) atoms. The number of hydrogen-bond acceptors (Lipinski definition) is 1. The molecule has 0 aromatic heterocycles. The van der Waals surface area contributed by atoms with Gasteiger partial charge in [0.1, 0.15) is 0 Å². The van der Waals surface area contributed by atoms with Gasteiger partial charge in [0, 0.05) is 6.04 Å². The molecule has 1 N–H and O–H groups in total. The van der Waals surface area contributed by atoms with Crippen LogP contribution in [0.4, 0.5) is 0 Å². The Hall–Kier alpha value is 0.130. The SMILES string of the molecule is CCC1CC(C)C(NC)C=CC(P)C1C. The van der Waals surface area contributed by atoms with E-state index in [0.29, 0.717) is 11.7 Å². The average molecular weight is 227 g/mol. The molecule has 0 saturated heterocycles. The fourth-order valence-corrected chi connectivity index (χ4v) is 3.13. The summed E-state index contributed by atoms with van der Waals surface area (Å²) in [6, 6.07) is 0.551. The van der Waals surface area contributed by atoms with E-state index in [0.717, 1.165) is 17.8 Å². The topological polar surface area (TPSA) is 12.0 Å². The lowest BCUT2D eigenvalue weighted by Crippen LogP contribution is -2.35. The third kappa shape index (κ3) is 3.29. The summed E-state index contributed by atoms with van der Waals surface area (Å²) in [5.41, 5.74) is 0.637. The van der Waals surface area contributed by atoms with E-state index < -0.39 is 0 Å². The first-order valence-electron chi connectivity index (χ1n) is 6.21. The molecule has 0 bridgehead atoms. The summed E-state index contributed by atoms with van der Waals surface area (Å²) in [5.74, 6) is 2.40. The average Bonchev–Trinajstić information content (AvgIpc) is 2.24. The van der Waals surface area contributed by atoms with Crippen molar-refractivity contribution in [3.8, 4) is 0 Å². The number of hydrogen-bond donors (Lipinski definition) is 1. The molecule has 0 heterocycles.